The molecule has 0 unspecified atom stereocenters. The lowest BCUT2D eigenvalue weighted by molar-refractivity contribution is 0.795. The van der Waals surface area contributed by atoms with E-state index in [1.54, 1.807) is 0 Å². The number of nitrogens with two attached hydrogens (primary N) is 1. The maximum absolute atomic E-state index is 5.86. The summed E-state index contributed by atoms with van der Waals surface area (Å²) in [5.41, 5.74) is 8.20. The average Bonchev–Trinajstić information content (AvgIpc) is 2.82. The van der Waals surface area contributed by atoms with E-state index in [-0.39, 0.29) is 0 Å². The molecule has 3 rings (SSSR count). The maximum Gasteiger partial charge on any atom is 0.0648 e. The summed E-state index contributed by atoms with van der Waals surface area (Å²) in [6.07, 6.45) is 2.92. The molecule has 1 aliphatic rings. The van der Waals surface area contributed by atoms with Gasteiger partial charge in [0.25, 0.3) is 0 Å². The van der Waals surface area contributed by atoms with Gasteiger partial charge in [0.05, 0.1) is 5.69 Å². The summed E-state index contributed by atoms with van der Waals surface area (Å²) >= 11 is 0. The molecule has 15 heavy (non-hydrogen) atoms. The number of para-hydroxylation sites is 1. The number of hydrogen-bond donors (Lipinski definition) is 1. The SMILES string of the molecule is N[C@@H]1C[C@H]1c1ccnn1-c1ccccc1. The normalized spacial score (nSPS) is 24.1. The fraction of sp³-hybridized carbons (Fsp3) is 0.250. The Bertz CT molecular complexity index is 461. The van der Waals surface area contributed by atoms with Crippen LogP contribution >= 0.6 is 0 Å². The van der Waals surface area contributed by atoms with Gasteiger partial charge in [-0.1, -0.05) is 18.2 Å². The first-order valence-corrected chi connectivity index (χ1v) is 5.21. The van der Waals surface area contributed by atoms with Crippen LogP contribution < -0.4 is 5.73 Å². The van der Waals surface area contributed by atoms with E-state index >= 15 is 0 Å². The first kappa shape index (κ1) is 8.68. The molecule has 2 aromatic rings. The van der Waals surface area contributed by atoms with Gasteiger partial charge in [0.2, 0.25) is 0 Å². The molecular weight excluding hydrogens is 186 g/mol. The van der Waals surface area contributed by atoms with Gasteiger partial charge >= 0.3 is 0 Å². The Balaban J connectivity index is 2.02. The third-order valence-electron chi connectivity index (χ3n) is 2.89. The summed E-state index contributed by atoms with van der Waals surface area (Å²) < 4.78 is 1.98. The number of rotatable bonds is 2. The second-order valence-electron chi connectivity index (χ2n) is 4.01. The fourth-order valence-corrected chi connectivity index (χ4v) is 1.93. The van der Waals surface area contributed by atoms with E-state index in [1.165, 1.54) is 5.69 Å². The predicted octanol–water partition coefficient (Wildman–Crippen LogP) is 1.69. The quantitative estimate of drug-likeness (QED) is 0.799. The van der Waals surface area contributed by atoms with Crippen LogP contribution in [-0.4, -0.2) is 15.8 Å². The molecule has 0 bridgehead atoms. The van der Waals surface area contributed by atoms with Crippen LogP contribution in [0.25, 0.3) is 5.69 Å². The third kappa shape index (κ3) is 1.45. The molecule has 1 aromatic heterocycles. The van der Waals surface area contributed by atoms with Crippen molar-refractivity contribution in [1.29, 1.82) is 0 Å². The van der Waals surface area contributed by atoms with Gasteiger partial charge in [0.1, 0.15) is 0 Å². The van der Waals surface area contributed by atoms with Gasteiger partial charge in [-0.25, -0.2) is 4.68 Å². The molecule has 3 heteroatoms. The molecule has 3 nitrogen and oxygen atoms in total. The summed E-state index contributed by atoms with van der Waals surface area (Å²) in [5.74, 6) is 0.493. The Labute approximate surface area is 88.5 Å². The molecule has 2 atom stereocenters. The van der Waals surface area contributed by atoms with E-state index < -0.39 is 0 Å². The van der Waals surface area contributed by atoms with Crippen molar-refractivity contribution in [1.82, 2.24) is 9.78 Å². The third-order valence-corrected chi connectivity index (χ3v) is 2.89. The Kier molecular flexibility index (Phi) is 1.86. The molecule has 2 N–H and O–H groups in total. The molecule has 1 saturated carbocycles. The highest BCUT2D eigenvalue weighted by molar-refractivity contribution is 5.35. The van der Waals surface area contributed by atoms with Gasteiger partial charge < -0.3 is 5.73 Å². The number of nitrogens with zero attached hydrogens (tertiary/aromatic N) is 2. The molecular formula is C12H13N3. The summed E-state index contributed by atoms with van der Waals surface area (Å²) in [5, 5.41) is 4.34. The van der Waals surface area contributed by atoms with Crippen LogP contribution in [-0.2, 0) is 0 Å². The Hall–Kier alpha value is -1.61. The van der Waals surface area contributed by atoms with Crippen LogP contribution in [0, 0.1) is 0 Å². The molecule has 0 spiro atoms. The Morgan fingerprint density at radius 1 is 1.20 bits per heavy atom. The van der Waals surface area contributed by atoms with Crippen molar-refractivity contribution in [3.05, 3.63) is 48.3 Å². The molecule has 1 fully saturated rings. The maximum atomic E-state index is 5.86. The molecule has 0 saturated heterocycles. The van der Waals surface area contributed by atoms with Crippen molar-refractivity contribution in [2.75, 3.05) is 0 Å². The zero-order valence-corrected chi connectivity index (χ0v) is 8.38. The average molecular weight is 199 g/mol. The standard InChI is InChI=1S/C12H13N3/c13-11-8-10(11)12-6-7-14-15(12)9-4-2-1-3-5-9/h1-7,10-11H,8,13H2/t10-,11-/m1/s1. The van der Waals surface area contributed by atoms with E-state index in [0.717, 1.165) is 12.1 Å². The highest BCUT2D eigenvalue weighted by Crippen LogP contribution is 2.39. The van der Waals surface area contributed by atoms with Gasteiger partial charge in [-0.3, -0.25) is 0 Å². The highest BCUT2D eigenvalue weighted by atomic mass is 15.3. The van der Waals surface area contributed by atoms with Crippen molar-refractivity contribution in [2.45, 2.75) is 18.4 Å². The Morgan fingerprint density at radius 3 is 2.60 bits per heavy atom. The monoisotopic (exact) mass is 199 g/mol. The molecule has 0 radical (unpaired) electrons. The minimum Gasteiger partial charge on any atom is -0.327 e. The largest absolute Gasteiger partial charge is 0.327 e. The lowest BCUT2D eigenvalue weighted by Gasteiger charge is -2.05. The second kappa shape index (κ2) is 3.21. The summed E-state index contributed by atoms with van der Waals surface area (Å²) in [4.78, 5) is 0. The van der Waals surface area contributed by atoms with Crippen LogP contribution in [0.1, 0.15) is 18.0 Å². The number of hydrogen-bond acceptors (Lipinski definition) is 2. The first-order valence-electron chi connectivity index (χ1n) is 5.21. The predicted molar refractivity (Wildman–Crippen MR) is 58.9 cm³/mol. The summed E-state index contributed by atoms with van der Waals surface area (Å²) in [7, 11) is 0. The van der Waals surface area contributed by atoms with Gasteiger partial charge in [-0.05, 0) is 24.6 Å². The number of aromatic nitrogens is 2. The fourth-order valence-electron chi connectivity index (χ4n) is 1.93. The molecule has 0 amide bonds. The lowest BCUT2D eigenvalue weighted by Crippen LogP contribution is -2.06. The molecule has 76 valence electrons. The van der Waals surface area contributed by atoms with Crippen molar-refractivity contribution in [2.24, 2.45) is 5.73 Å². The van der Waals surface area contributed by atoms with Crippen LogP contribution in [0.15, 0.2) is 42.6 Å². The van der Waals surface area contributed by atoms with Gasteiger partial charge in [0, 0.05) is 23.9 Å². The summed E-state index contributed by atoms with van der Waals surface area (Å²) in [6, 6.07) is 12.6. The first-order chi connectivity index (χ1) is 7.36. The van der Waals surface area contributed by atoms with E-state index in [9.17, 15) is 0 Å². The Morgan fingerprint density at radius 2 is 1.93 bits per heavy atom. The zero-order valence-electron chi connectivity index (χ0n) is 8.38. The van der Waals surface area contributed by atoms with Crippen molar-refractivity contribution >= 4 is 0 Å². The van der Waals surface area contributed by atoms with Crippen molar-refractivity contribution in [3.8, 4) is 5.69 Å². The van der Waals surface area contributed by atoms with Gasteiger partial charge in [0.15, 0.2) is 0 Å². The topological polar surface area (TPSA) is 43.8 Å². The minimum atomic E-state index is 0.323. The van der Waals surface area contributed by atoms with Crippen LogP contribution in [0.5, 0.6) is 0 Å². The molecule has 1 heterocycles. The van der Waals surface area contributed by atoms with Gasteiger partial charge in [-0.2, -0.15) is 5.10 Å². The summed E-state index contributed by atoms with van der Waals surface area (Å²) in [6.45, 7) is 0. The van der Waals surface area contributed by atoms with Crippen LogP contribution in [0.2, 0.25) is 0 Å². The molecule has 0 aliphatic heterocycles. The van der Waals surface area contributed by atoms with Crippen LogP contribution in [0.3, 0.4) is 0 Å². The second-order valence-corrected chi connectivity index (χ2v) is 4.01. The molecule has 1 aliphatic carbocycles. The van der Waals surface area contributed by atoms with E-state index in [2.05, 4.69) is 23.3 Å². The number of benzene rings is 1. The van der Waals surface area contributed by atoms with Gasteiger partial charge in [-0.15, -0.1) is 0 Å². The van der Waals surface area contributed by atoms with Crippen molar-refractivity contribution in [3.63, 3.8) is 0 Å². The smallest absolute Gasteiger partial charge is 0.0648 e. The minimum absolute atomic E-state index is 0.323. The van der Waals surface area contributed by atoms with Crippen LogP contribution in [0.4, 0.5) is 0 Å². The zero-order chi connectivity index (χ0) is 10.3. The molecule has 1 aromatic carbocycles. The van der Waals surface area contributed by atoms with Crippen molar-refractivity contribution < 1.29 is 0 Å². The van der Waals surface area contributed by atoms with E-state index in [1.807, 2.05) is 29.1 Å². The van der Waals surface area contributed by atoms with E-state index in [4.69, 9.17) is 5.73 Å². The lowest BCUT2D eigenvalue weighted by atomic mass is 10.2. The highest BCUT2D eigenvalue weighted by Gasteiger charge is 2.37. The van der Waals surface area contributed by atoms with E-state index in [0.29, 0.717) is 12.0 Å².